The summed E-state index contributed by atoms with van der Waals surface area (Å²) in [7, 11) is 0. The number of rotatable bonds is 4. The first kappa shape index (κ1) is 8.75. The minimum atomic E-state index is 0.407. The summed E-state index contributed by atoms with van der Waals surface area (Å²) in [4.78, 5) is 0. The molecule has 0 saturated heterocycles. The highest BCUT2D eigenvalue weighted by Crippen LogP contribution is 2.34. The van der Waals surface area contributed by atoms with Crippen LogP contribution in [0.1, 0.15) is 38.4 Å². The van der Waals surface area contributed by atoms with E-state index in [1.165, 1.54) is 18.5 Å². The second kappa shape index (κ2) is 3.50. The van der Waals surface area contributed by atoms with Crippen LogP contribution in [0.5, 0.6) is 0 Å². The molecule has 0 bridgehead atoms. The van der Waals surface area contributed by atoms with E-state index >= 15 is 0 Å². The molecule has 1 aliphatic carbocycles. The van der Waals surface area contributed by atoms with E-state index in [2.05, 4.69) is 29.4 Å². The quantitative estimate of drug-likeness (QED) is 0.740. The van der Waals surface area contributed by atoms with Gasteiger partial charge in [-0.3, -0.25) is 5.10 Å². The SMILES string of the molecule is CCC1CC1NC(C)c1ccn[nH]1. The second-order valence-electron chi connectivity index (χ2n) is 3.91. The minimum absolute atomic E-state index is 0.407. The summed E-state index contributed by atoms with van der Waals surface area (Å²) in [5.74, 6) is 0.908. The van der Waals surface area contributed by atoms with Gasteiger partial charge in [-0.15, -0.1) is 0 Å². The van der Waals surface area contributed by atoms with Crippen LogP contribution in [-0.4, -0.2) is 16.2 Å². The molecule has 1 saturated carbocycles. The van der Waals surface area contributed by atoms with Crippen molar-refractivity contribution in [3.63, 3.8) is 0 Å². The molecule has 1 aromatic heterocycles. The third kappa shape index (κ3) is 1.91. The van der Waals surface area contributed by atoms with Crippen molar-refractivity contribution in [1.82, 2.24) is 15.5 Å². The maximum atomic E-state index is 3.95. The van der Waals surface area contributed by atoms with Gasteiger partial charge in [-0.1, -0.05) is 13.3 Å². The molecule has 1 aliphatic rings. The fourth-order valence-electron chi connectivity index (χ4n) is 1.82. The minimum Gasteiger partial charge on any atom is -0.306 e. The predicted octanol–water partition coefficient (Wildman–Crippen LogP) is 1.86. The van der Waals surface area contributed by atoms with Gasteiger partial charge in [-0.25, -0.2) is 0 Å². The molecule has 2 N–H and O–H groups in total. The Hall–Kier alpha value is -0.830. The van der Waals surface area contributed by atoms with E-state index in [4.69, 9.17) is 0 Å². The zero-order chi connectivity index (χ0) is 9.26. The number of hydrogen-bond donors (Lipinski definition) is 2. The zero-order valence-corrected chi connectivity index (χ0v) is 8.25. The van der Waals surface area contributed by atoms with Crippen molar-refractivity contribution in [2.24, 2.45) is 5.92 Å². The summed E-state index contributed by atoms with van der Waals surface area (Å²) in [6, 6.07) is 3.17. The van der Waals surface area contributed by atoms with Crippen molar-refractivity contribution >= 4 is 0 Å². The molecular formula is C10H17N3. The van der Waals surface area contributed by atoms with Gasteiger partial charge in [0.1, 0.15) is 0 Å². The summed E-state index contributed by atoms with van der Waals surface area (Å²) in [6.45, 7) is 4.44. The Morgan fingerprint density at radius 1 is 1.77 bits per heavy atom. The van der Waals surface area contributed by atoms with Crippen LogP contribution in [-0.2, 0) is 0 Å². The van der Waals surface area contributed by atoms with Crippen molar-refractivity contribution < 1.29 is 0 Å². The van der Waals surface area contributed by atoms with Crippen LogP contribution in [0.25, 0.3) is 0 Å². The van der Waals surface area contributed by atoms with Crippen molar-refractivity contribution in [3.05, 3.63) is 18.0 Å². The molecular weight excluding hydrogens is 162 g/mol. The lowest BCUT2D eigenvalue weighted by atomic mass is 10.2. The van der Waals surface area contributed by atoms with Crippen molar-refractivity contribution in [1.29, 1.82) is 0 Å². The molecule has 0 aromatic carbocycles. The highest BCUT2D eigenvalue weighted by molar-refractivity contribution is 5.05. The van der Waals surface area contributed by atoms with E-state index in [1.807, 2.05) is 6.07 Å². The first-order valence-corrected chi connectivity index (χ1v) is 5.06. The summed E-state index contributed by atoms with van der Waals surface area (Å²) in [5.41, 5.74) is 1.18. The number of nitrogens with one attached hydrogen (secondary N) is 2. The highest BCUT2D eigenvalue weighted by atomic mass is 15.1. The Morgan fingerprint density at radius 2 is 2.62 bits per heavy atom. The Bertz CT molecular complexity index is 255. The van der Waals surface area contributed by atoms with E-state index in [0.29, 0.717) is 6.04 Å². The van der Waals surface area contributed by atoms with Crippen LogP contribution in [0.2, 0.25) is 0 Å². The second-order valence-corrected chi connectivity index (χ2v) is 3.91. The molecule has 1 heterocycles. The van der Waals surface area contributed by atoms with Crippen LogP contribution in [0.4, 0.5) is 0 Å². The van der Waals surface area contributed by atoms with E-state index in [0.717, 1.165) is 12.0 Å². The Morgan fingerprint density at radius 3 is 3.15 bits per heavy atom. The van der Waals surface area contributed by atoms with Crippen LogP contribution in [0, 0.1) is 5.92 Å². The summed E-state index contributed by atoms with van der Waals surface area (Å²) >= 11 is 0. The number of hydrogen-bond acceptors (Lipinski definition) is 2. The summed E-state index contributed by atoms with van der Waals surface area (Å²) in [6.07, 6.45) is 4.44. The van der Waals surface area contributed by atoms with Crippen LogP contribution < -0.4 is 5.32 Å². The van der Waals surface area contributed by atoms with Gasteiger partial charge in [0.05, 0.1) is 5.69 Å². The van der Waals surface area contributed by atoms with E-state index in [9.17, 15) is 0 Å². The maximum Gasteiger partial charge on any atom is 0.0518 e. The maximum absolute atomic E-state index is 3.95. The number of H-pyrrole nitrogens is 1. The molecule has 3 unspecified atom stereocenters. The molecule has 72 valence electrons. The molecule has 2 rings (SSSR count). The fraction of sp³-hybridized carbons (Fsp3) is 0.700. The topological polar surface area (TPSA) is 40.7 Å². The zero-order valence-electron chi connectivity index (χ0n) is 8.25. The van der Waals surface area contributed by atoms with Crippen molar-refractivity contribution in [3.8, 4) is 0 Å². The first-order chi connectivity index (χ1) is 6.31. The Kier molecular flexibility index (Phi) is 2.36. The van der Waals surface area contributed by atoms with E-state index < -0.39 is 0 Å². The van der Waals surface area contributed by atoms with E-state index in [1.54, 1.807) is 6.20 Å². The molecule has 0 spiro atoms. The van der Waals surface area contributed by atoms with Gasteiger partial charge in [0, 0.05) is 18.3 Å². The summed E-state index contributed by atoms with van der Waals surface area (Å²) < 4.78 is 0. The molecule has 3 nitrogen and oxygen atoms in total. The van der Waals surface area contributed by atoms with Crippen LogP contribution in [0.3, 0.4) is 0 Å². The molecule has 0 amide bonds. The van der Waals surface area contributed by atoms with Crippen molar-refractivity contribution in [2.45, 2.75) is 38.8 Å². The molecule has 1 aromatic rings. The number of nitrogens with zero attached hydrogens (tertiary/aromatic N) is 1. The molecule has 1 fully saturated rings. The summed E-state index contributed by atoms with van der Waals surface area (Å²) in [5, 5.41) is 10.5. The average molecular weight is 179 g/mol. The Balaban J connectivity index is 1.83. The van der Waals surface area contributed by atoms with Crippen molar-refractivity contribution in [2.75, 3.05) is 0 Å². The monoisotopic (exact) mass is 179 g/mol. The largest absolute Gasteiger partial charge is 0.306 e. The van der Waals surface area contributed by atoms with Gasteiger partial charge in [0.25, 0.3) is 0 Å². The smallest absolute Gasteiger partial charge is 0.0518 e. The van der Waals surface area contributed by atoms with Crippen LogP contribution in [0.15, 0.2) is 12.3 Å². The average Bonchev–Trinajstić information content (AvgIpc) is 2.68. The lowest BCUT2D eigenvalue weighted by Gasteiger charge is -2.11. The van der Waals surface area contributed by atoms with Gasteiger partial charge in [-0.2, -0.15) is 5.10 Å². The molecule has 3 heteroatoms. The molecule has 0 aliphatic heterocycles. The van der Waals surface area contributed by atoms with Gasteiger partial charge >= 0.3 is 0 Å². The normalized spacial score (nSPS) is 28.8. The lowest BCUT2D eigenvalue weighted by molar-refractivity contribution is 0.528. The molecule has 0 radical (unpaired) electrons. The highest BCUT2D eigenvalue weighted by Gasteiger charge is 2.35. The predicted molar refractivity (Wildman–Crippen MR) is 52.3 cm³/mol. The standard InChI is InChI=1S/C10H17N3/c1-3-8-6-10(8)12-7(2)9-4-5-11-13-9/h4-5,7-8,10,12H,3,6H2,1-2H3,(H,11,13). The van der Waals surface area contributed by atoms with Gasteiger partial charge < -0.3 is 5.32 Å². The Labute approximate surface area is 78.9 Å². The van der Waals surface area contributed by atoms with Crippen LogP contribution >= 0.6 is 0 Å². The molecule has 13 heavy (non-hydrogen) atoms. The third-order valence-electron chi connectivity index (χ3n) is 2.90. The van der Waals surface area contributed by atoms with Gasteiger partial charge in [0.2, 0.25) is 0 Å². The fourth-order valence-corrected chi connectivity index (χ4v) is 1.82. The molecule has 3 atom stereocenters. The lowest BCUT2D eigenvalue weighted by Crippen LogP contribution is -2.22. The first-order valence-electron chi connectivity index (χ1n) is 5.06. The van der Waals surface area contributed by atoms with Gasteiger partial charge in [0.15, 0.2) is 0 Å². The number of aromatic nitrogens is 2. The number of aromatic amines is 1. The van der Waals surface area contributed by atoms with E-state index in [-0.39, 0.29) is 0 Å². The van der Waals surface area contributed by atoms with Gasteiger partial charge in [-0.05, 0) is 25.3 Å². The third-order valence-corrected chi connectivity index (χ3v) is 2.90.